The Kier molecular flexibility index (Phi) is 16.6. The molecule has 3 fully saturated rings. The van der Waals surface area contributed by atoms with Crippen LogP contribution in [0, 0.1) is 23.3 Å². The Balaban J connectivity index is 0.000000214. The maximum absolute atomic E-state index is 13.7. The van der Waals surface area contributed by atoms with Gasteiger partial charge in [-0.2, -0.15) is 0 Å². The molecule has 14 nitrogen and oxygen atoms in total. The molecule has 2 amide bonds. The maximum atomic E-state index is 13.7. The minimum Gasteiger partial charge on any atom is -0.444 e. The van der Waals surface area contributed by atoms with Gasteiger partial charge in [0, 0.05) is 29.5 Å². The Bertz CT molecular complexity index is 2270. The summed E-state index contributed by atoms with van der Waals surface area (Å²) in [6.07, 6.45) is 4.87. The van der Waals surface area contributed by atoms with Crippen molar-refractivity contribution in [2.24, 2.45) is 5.73 Å². The first-order valence-electron chi connectivity index (χ1n) is 23.0. The molecule has 6 N–H and O–H groups in total. The van der Waals surface area contributed by atoms with Crippen LogP contribution in [-0.2, 0) is 49.0 Å². The first kappa shape index (κ1) is 53.9. The van der Waals surface area contributed by atoms with Crippen molar-refractivity contribution in [3.8, 4) is 0 Å². The van der Waals surface area contributed by atoms with Gasteiger partial charge in [0.1, 0.15) is 52.1 Å². The number of aromatic nitrogens is 2. The molecule has 3 heterocycles. The number of amides is 2. The molecule has 0 spiro atoms. The van der Waals surface area contributed by atoms with E-state index >= 15 is 0 Å². The number of ether oxygens (including phenoxy) is 3. The lowest BCUT2D eigenvalue weighted by Crippen LogP contribution is -2.51. The summed E-state index contributed by atoms with van der Waals surface area (Å²) in [5, 5.41) is 19.6. The number of nitrogens with zero attached hydrogens (tertiary/aromatic N) is 2. The van der Waals surface area contributed by atoms with Crippen LogP contribution < -0.4 is 21.7 Å². The van der Waals surface area contributed by atoms with Gasteiger partial charge in [-0.1, -0.05) is 41.5 Å². The summed E-state index contributed by atoms with van der Waals surface area (Å²) in [4.78, 5) is 32.8. The third kappa shape index (κ3) is 16.9. The highest BCUT2D eigenvalue weighted by Gasteiger charge is 2.49. The number of rotatable bonds is 13. The van der Waals surface area contributed by atoms with Gasteiger partial charge in [0.2, 0.25) is 11.8 Å². The summed E-state index contributed by atoms with van der Waals surface area (Å²) in [5.41, 5.74) is 4.51. The third-order valence-corrected chi connectivity index (χ3v) is 10.9. The number of alkyl carbamates (subject to hydrolysis) is 2. The van der Waals surface area contributed by atoms with E-state index in [0.717, 1.165) is 49.3 Å². The highest BCUT2D eigenvalue weighted by atomic mass is 19.1. The molecular weight excluding hydrogens is 889 g/mol. The Morgan fingerprint density at radius 2 is 1.13 bits per heavy atom. The number of carbonyl (C=O) groups excluding carboxylic acids is 2. The van der Waals surface area contributed by atoms with E-state index in [2.05, 4.69) is 46.7 Å². The number of nitrogens with two attached hydrogens (primary N) is 1. The van der Waals surface area contributed by atoms with Crippen molar-refractivity contribution < 1.29 is 55.3 Å². The number of hydrogen-bond acceptors (Lipinski definition) is 12. The standard InChI is InChI=1S/C25H35F2N3O4.C15H19F2NO3.C10H16N2O/c1-23(2,3)20-14-28-21(33-20)25(7-8-25)29-13-19(31)18(30-22(32)34-24(4,5)6)11-15-9-16(26)12-17(27)10-15;1-15(2,3)21-14(19)18-12(13-8-20-13)6-9-4-10(16)7-11(17)5-9;1-9(2,3)7-6-12-8(13-7)10(11)4-5-10/h9-10,12,14,18-19,29,31H,7-8,11,13H2,1-6H3,(H,30,32);4-5,7,12-13H,6,8H2,1-3H3,(H,18,19);6H,4-5,11H2,1-3H3. The molecule has 4 atom stereocenters. The number of oxazole rings is 2. The molecule has 2 aliphatic carbocycles. The van der Waals surface area contributed by atoms with E-state index in [1.54, 1.807) is 53.9 Å². The molecule has 3 aliphatic rings. The Hall–Kier alpha value is -5.04. The number of benzene rings is 2. The fourth-order valence-corrected chi connectivity index (χ4v) is 6.81. The largest absolute Gasteiger partial charge is 0.444 e. The molecule has 2 aromatic heterocycles. The van der Waals surface area contributed by atoms with Crippen molar-refractivity contribution in [1.29, 1.82) is 0 Å². The average molecular weight is 959 g/mol. The second-order valence-electron chi connectivity index (χ2n) is 22.1. The smallest absolute Gasteiger partial charge is 0.407 e. The third-order valence-electron chi connectivity index (χ3n) is 10.9. The van der Waals surface area contributed by atoms with Gasteiger partial charge in [-0.3, -0.25) is 0 Å². The van der Waals surface area contributed by atoms with Crippen LogP contribution in [0.2, 0.25) is 0 Å². The average Bonchev–Trinajstić information content (AvgIpc) is 4.15. The Morgan fingerprint density at radius 3 is 1.53 bits per heavy atom. The van der Waals surface area contributed by atoms with Gasteiger partial charge in [0.25, 0.3) is 0 Å². The molecule has 376 valence electrons. The van der Waals surface area contributed by atoms with Gasteiger partial charge in [-0.15, -0.1) is 0 Å². The summed E-state index contributed by atoms with van der Waals surface area (Å²) in [5.74, 6) is 0.220. The second kappa shape index (κ2) is 20.9. The molecule has 1 saturated heterocycles. The van der Waals surface area contributed by atoms with E-state index < -0.39 is 64.3 Å². The Labute approximate surface area is 396 Å². The molecular formula is C50H70F4N6O8. The quantitative estimate of drug-likeness (QED) is 0.0630. The highest BCUT2D eigenvalue weighted by molar-refractivity contribution is 5.68. The molecule has 0 radical (unpaired) electrons. The van der Waals surface area contributed by atoms with E-state index in [-0.39, 0.29) is 47.9 Å². The molecule has 1 aliphatic heterocycles. The Morgan fingerprint density at radius 1 is 0.706 bits per heavy atom. The molecule has 2 saturated carbocycles. The van der Waals surface area contributed by atoms with Crippen LogP contribution in [0.1, 0.15) is 143 Å². The summed E-state index contributed by atoms with van der Waals surface area (Å²) < 4.78 is 81.1. The van der Waals surface area contributed by atoms with E-state index in [9.17, 15) is 32.3 Å². The van der Waals surface area contributed by atoms with E-state index in [4.69, 9.17) is 28.8 Å². The van der Waals surface area contributed by atoms with Gasteiger partial charge in [0.15, 0.2) is 0 Å². The van der Waals surface area contributed by atoms with E-state index in [1.807, 2.05) is 20.8 Å². The van der Waals surface area contributed by atoms with Crippen LogP contribution >= 0.6 is 0 Å². The lowest BCUT2D eigenvalue weighted by Gasteiger charge is -2.28. The van der Waals surface area contributed by atoms with Crippen molar-refractivity contribution >= 4 is 12.2 Å². The van der Waals surface area contributed by atoms with Crippen molar-refractivity contribution in [3.63, 3.8) is 0 Å². The minimum atomic E-state index is -1.08. The number of aliphatic hydroxyl groups excluding tert-OH is 1. The summed E-state index contributed by atoms with van der Waals surface area (Å²) in [6.45, 7) is 23.5. The number of carbonyl (C=O) groups is 2. The predicted molar refractivity (Wildman–Crippen MR) is 247 cm³/mol. The number of nitrogens with one attached hydrogen (secondary N) is 3. The van der Waals surface area contributed by atoms with Gasteiger partial charge in [-0.25, -0.2) is 37.1 Å². The number of aliphatic hydroxyl groups is 1. The molecule has 4 unspecified atom stereocenters. The van der Waals surface area contributed by atoms with Crippen molar-refractivity contribution in [2.45, 2.75) is 179 Å². The van der Waals surface area contributed by atoms with E-state index in [0.29, 0.717) is 29.5 Å². The molecule has 4 aromatic rings. The molecule has 68 heavy (non-hydrogen) atoms. The van der Waals surface area contributed by atoms with Crippen LogP contribution in [-0.4, -0.2) is 75.9 Å². The molecule has 2 aromatic carbocycles. The predicted octanol–water partition coefficient (Wildman–Crippen LogP) is 9.05. The zero-order valence-electron chi connectivity index (χ0n) is 41.4. The van der Waals surface area contributed by atoms with Crippen LogP contribution in [0.25, 0.3) is 0 Å². The van der Waals surface area contributed by atoms with Crippen LogP contribution in [0.3, 0.4) is 0 Å². The normalized spacial score (nSPS) is 18.4. The summed E-state index contributed by atoms with van der Waals surface area (Å²) >= 11 is 0. The maximum Gasteiger partial charge on any atom is 0.407 e. The lowest BCUT2D eigenvalue weighted by molar-refractivity contribution is 0.0416. The summed E-state index contributed by atoms with van der Waals surface area (Å²) in [6, 6.07) is 5.20. The summed E-state index contributed by atoms with van der Waals surface area (Å²) in [7, 11) is 0. The highest BCUT2D eigenvalue weighted by Crippen LogP contribution is 2.46. The zero-order chi connectivity index (χ0) is 50.6. The first-order chi connectivity index (χ1) is 31.3. The minimum absolute atomic E-state index is 0.0109. The first-order valence-corrected chi connectivity index (χ1v) is 23.0. The van der Waals surface area contributed by atoms with Crippen LogP contribution in [0.4, 0.5) is 27.2 Å². The SMILES string of the molecule is CC(C)(C)OC(=O)NC(Cc1cc(F)cc(F)c1)C(O)CNC1(c2ncc(C(C)(C)C)o2)CC1.CC(C)(C)OC(=O)NC(Cc1cc(F)cc(F)c1)C1CO1.CC(C)(C)c1cnc(C2(N)CC2)o1. The van der Waals surface area contributed by atoms with Crippen LogP contribution in [0.5, 0.6) is 0 Å². The zero-order valence-corrected chi connectivity index (χ0v) is 41.4. The second-order valence-corrected chi connectivity index (χ2v) is 22.1. The fraction of sp³-hybridized carbons (Fsp3) is 0.600. The van der Waals surface area contributed by atoms with Crippen molar-refractivity contribution in [3.05, 3.63) is 106 Å². The lowest BCUT2D eigenvalue weighted by atomic mass is 9.94. The fourth-order valence-electron chi connectivity index (χ4n) is 6.81. The molecule has 18 heteroatoms. The van der Waals surface area contributed by atoms with E-state index in [1.165, 1.54) is 24.3 Å². The topological polar surface area (TPSA) is 200 Å². The molecule has 0 bridgehead atoms. The number of hydrogen-bond donors (Lipinski definition) is 5. The molecule has 7 rings (SSSR count). The van der Waals surface area contributed by atoms with Gasteiger partial charge >= 0.3 is 12.2 Å². The number of epoxide rings is 1. The van der Waals surface area contributed by atoms with Gasteiger partial charge in [0.05, 0.1) is 48.3 Å². The van der Waals surface area contributed by atoms with Gasteiger partial charge < -0.3 is 49.8 Å². The van der Waals surface area contributed by atoms with Crippen LogP contribution in [0.15, 0.2) is 57.6 Å². The van der Waals surface area contributed by atoms with Crippen molar-refractivity contribution in [1.82, 2.24) is 25.9 Å². The monoisotopic (exact) mass is 959 g/mol. The van der Waals surface area contributed by atoms with Crippen molar-refractivity contribution in [2.75, 3.05) is 13.2 Å². The number of halogens is 4. The van der Waals surface area contributed by atoms with Gasteiger partial charge in [-0.05, 0) is 115 Å².